The molecule has 1 saturated heterocycles. The van der Waals surface area contributed by atoms with Gasteiger partial charge in [-0.2, -0.15) is 0 Å². The van der Waals surface area contributed by atoms with E-state index >= 15 is 0 Å². The molecule has 1 atom stereocenters. The fourth-order valence-electron chi connectivity index (χ4n) is 4.01. The lowest BCUT2D eigenvalue weighted by Gasteiger charge is -2.32. The molecule has 0 amide bonds. The third-order valence-electron chi connectivity index (χ3n) is 5.16. The summed E-state index contributed by atoms with van der Waals surface area (Å²) in [4.78, 5) is 6.74. The molecule has 1 aliphatic heterocycles. The van der Waals surface area contributed by atoms with Crippen LogP contribution in [-0.2, 0) is 13.1 Å². The fraction of sp³-hybridized carbons (Fsp3) is 0.500. The summed E-state index contributed by atoms with van der Waals surface area (Å²) >= 11 is 0. The smallest absolute Gasteiger partial charge is 0.139 e. The topological polar surface area (TPSA) is 56.7 Å². The molecule has 0 N–H and O–H groups in total. The van der Waals surface area contributed by atoms with Crippen LogP contribution < -0.4 is 0 Å². The quantitative estimate of drug-likeness (QED) is 0.714. The van der Waals surface area contributed by atoms with Crippen molar-refractivity contribution in [2.24, 2.45) is 5.92 Å². The summed E-state index contributed by atoms with van der Waals surface area (Å²) in [5.41, 5.74) is 3.85. The Morgan fingerprint density at radius 1 is 1.16 bits per heavy atom. The van der Waals surface area contributed by atoms with E-state index in [-0.39, 0.29) is 0 Å². The minimum absolute atomic E-state index is 0.698. The molecule has 0 aromatic carbocycles. The molecule has 25 heavy (non-hydrogen) atoms. The highest BCUT2D eigenvalue weighted by Crippen LogP contribution is 2.23. The van der Waals surface area contributed by atoms with Crippen LogP contribution in [0, 0.1) is 19.8 Å². The molecule has 3 aromatic rings. The summed E-state index contributed by atoms with van der Waals surface area (Å²) < 4.78 is 6.31. The van der Waals surface area contributed by atoms with E-state index in [0.717, 1.165) is 19.6 Å². The highest BCUT2D eigenvalue weighted by Gasteiger charge is 2.22. The van der Waals surface area contributed by atoms with Gasteiger partial charge in [0.1, 0.15) is 12.7 Å². The Hall–Kier alpha value is -2.41. The van der Waals surface area contributed by atoms with Gasteiger partial charge in [0.25, 0.3) is 0 Å². The van der Waals surface area contributed by atoms with Crippen LogP contribution >= 0.6 is 0 Å². The second-order valence-corrected chi connectivity index (χ2v) is 7.05. The zero-order valence-corrected chi connectivity index (χ0v) is 14.9. The van der Waals surface area contributed by atoms with Crippen molar-refractivity contribution in [2.45, 2.75) is 39.8 Å². The summed E-state index contributed by atoms with van der Waals surface area (Å²) in [5.74, 6) is 0.698. The average molecular weight is 339 g/mol. The minimum atomic E-state index is 0.698. The number of imidazole rings is 1. The third kappa shape index (κ3) is 3.37. The van der Waals surface area contributed by atoms with Crippen molar-refractivity contribution in [1.82, 2.24) is 34.0 Å². The Balaban J connectivity index is 1.46. The lowest BCUT2D eigenvalue weighted by molar-refractivity contribution is 0.155. The Morgan fingerprint density at radius 2 is 2.00 bits per heavy atom. The van der Waals surface area contributed by atoms with Gasteiger partial charge in [0.2, 0.25) is 0 Å². The first-order valence-electron chi connectivity index (χ1n) is 8.92. The number of hydrogen-bond donors (Lipinski definition) is 0. The van der Waals surface area contributed by atoms with E-state index in [1.54, 1.807) is 12.7 Å². The zero-order chi connectivity index (χ0) is 17.2. The largest absolute Gasteiger partial charge is 0.337 e. The van der Waals surface area contributed by atoms with Gasteiger partial charge in [-0.25, -0.2) is 9.66 Å². The average Bonchev–Trinajstić information content (AvgIpc) is 3.32. The van der Waals surface area contributed by atoms with Crippen LogP contribution in [0.2, 0.25) is 0 Å². The van der Waals surface area contributed by atoms with Crippen molar-refractivity contribution in [1.29, 1.82) is 0 Å². The molecule has 132 valence electrons. The highest BCUT2D eigenvalue weighted by molar-refractivity contribution is 5.27. The van der Waals surface area contributed by atoms with E-state index in [9.17, 15) is 0 Å². The Bertz CT molecular complexity index is 801. The van der Waals surface area contributed by atoms with E-state index in [4.69, 9.17) is 0 Å². The summed E-state index contributed by atoms with van der Waals surface area (Å²) in [6, 6.07) is 2.29. The van der Waals surface area contributed by atoms with Crippen molar-refractivity contribution in [3.63, 3.8) is 0 Å². The number of aryl methyl sites for hydroxylation is 1. The Labute approximate surface area is 147 Å². The van der Waals surface area contributed by atoms with E-state index in [2.05, 4.69) is 55.4 Å². The van der Waals surface area contributed by atoms with Crippen molar-refractivity contribution in [2.75, 3.05) is 13.1 Å². The number of rotatable bonds is 5. The van der Waals surface area contributed by atoms with Crippen molar-refractivity contribution in [3.05, 3.63) is 54.4 Å². The third-order valence-corrected chi connectivity index (χ3v) is 5.16. The normalized spacial score (nSPS) is 18.7. The standard InChI is InChI=1S/C18H25N7/c1-15-8-18(16(2)25(15)24-13-20-21-14-24)11-22-6-3-4-17(9-22)10-23-7-5-19-12-23/h5,7-8,12-14,17H,3-4,6,9-11H2,1-2H3. The number of nitrogens with zero attached hydrogens (tertiary/aromatic N) is 7. The summed E-state index contributed by atoms with van der Waals surface area (Å²) in [6.45, 7) is 8.70. The maximum absolute atomic E-state index is 4.16. The van der Waals surface area contributed by atoms with Crippen molar-refractivity contribution >= 4 is 0 Å². The number of aromatic nitrogens is 6. The molecule has 1 unspecified atom stereocenters. The molecule has 3 aromatic heterocycles. The maximum Gasteiger partial charge on any atom is 0.139 e. The van der Waals surface area contributed by atoms with E-state index in [1.165, 1.54) is 36.3 Å². The number of likely N-dealkylation sites (tertiary alicyclic amines) is 1. The molecule has 1 fully saturated rings. The lowest BCUT2D eigenvalue weighted by atomic mass is 9.97. The Morgan fingerprint density at radius 3 is 2.76 bits per heavy atom. The first-order chi connectivity index (χ1) is 12.2. The van der Waals surface area contributed by atoms with Gasteiger partial charge >= 0.3 is 0 Å². The van der Waals surface area contributed by atoms with Gasteiger partial charge in [-0.3, -0.25) is 9.58 Å². The van der Waals surface area contributed by atoms with E-state index < -0.39 is 0 Å². The predicted molar refractivity (Wildman–Crippen MR) is 95.0 cm³/mol. The molecular formula is C18H25N7. The first-order valence-corrected chi connectivity index (χ1v) is 8.92. The molecular weight excluding hydrogens is 314 g/mol. The second-order valence-electron chi connectivity index (χ2n) is 7.05. The predicted octanol–water partition coefficient (Wildman–Crippen LogP) is 2.12. The van der Waals surface area contributed by atoms with Crippen molar-refractivity contribution in [3.8, 4) is 0 Å². The summed E-state index contributed by atoms with van der Waals surface area (Å²) in [5, 5.41) is 7.85. The molecule has 0 aliphatic carbocycles. The van der Waals surface area contributed by atoms with Crippen LogP contribution in [0.5, 0.6) is 0 Å². The van der Waals surface area contributed by atoms with E-state index in [0.29, 0.717) is 5.92 Å². The zero-order valence-electron chi connectivity index (χ0n) is 14.9. The molecule has 0 spiro atoms. The van der Waals surface area contributed by atoms with Crippen molar-refractivity contribution < 1.29 is 0 Å². The van der Waals surface area contributed by atoms with Crippen LogP contribution in [-0.4, -0.2) is 47.1 Å². The van der Waals surface area contributed by atoms with Gasteiger partial charge in [-0.1, -0.05) is 0 Å². The maximum atomic E-state index is 4.16. The molecule has 0 radical (unpaired) electrons. The molecule has 7 heteroatoms. The van der Waals surface area contributed by atoms with Gasteiger partial charge in [-0.05, 0) is 50.8 Å². The number of hydrogen-bond acceptors (Lipinski definition) is 4. The SMILES string of the molecule is Cc1cc(CN2CCCC(Cn3ccnc3)C2)c(C)n1-n1cnnc1. The molecule has 0 bridgehead atoms. The fourth-order valence-corrected chi connectivity index (χ4v) is 4.01. The van der Waals surface area contributed by atoms with Crippen LogP contribution in [0.25, 0.3) is 0 Å². The van der Waals surface area contributed by atoms with Gasteiger partial charge in [-0.15, -0.1) is 10.2 Å². The van der Waals surface area contributed by atoms with Crippen LogP contribution in [0.4, 0.5) is 0 Å². The van der Waals surface area contributed by atoms with Gasteiger partial charge in [0.05, 0.1) is 6.33 Å². The highest BCUT2D eigenvalue weighted by atomic mass is 15.5. The molecule has 7 nitrogen and oxygen atoms in total. The van der Waals surface area contributed by atoms with Gasteiger partial charge in [0, 0.05) is 43.4 Å². The number of piperidine rings is 1. The van der Waals surface area contributed by atoms with Crippen LogP contribution in [0.15, 0.2) is 37.4 Å². The molecule has 1 aliphatic rings. The van der Waals surface area contributed by atoms with Gasteiger partial charge in [0.15, 0.2) is 0 Å². The summed E-state index contributed by atoms with van der Waals surface area (Å²) in [6.07, 6.45) is 11.9. The lowest BCUT2D eigenvalue weighted by Crippen LogP contribution is -2.36. The van der Waals surface area contributed by atoms with Crippen LogP contribution in [0.1, 0.15) is 29.8 Å². The molecule has 0 saturated carbocycles. The van der Waals surface area contributed by atoms with E-state index in [1.807, 2.05) is 17.2 Å². The minimum Gasteiger partial charge on any atom is -0.337 e. The molecule has 4 rings (SSSR count). The monoisotopic (exact) mass is 339 g/mol. The van der Waals surface area contributed by atoms with Gasteiger partial charge < -0.3 is 4.57 Å². The first kappa shape index (κ1) is 16.1. The Kier molecular flexibility index (Phi) is 4.40. The summed E-state index contributed by atoms with van der Waals surface area (Å²) in [7, 11) is 0. The van der Waals surface area contributed by atoms with Crippen LogP contribution in [0.3, 0.4) is 0 Å². The molecule has 4 heterocycles. The second kappa shape index (κ2) is 6.84.